The zero-order chi connectivity index (χ0) is 16.7. The quantitative estimate of drug-likeness (QED) is 0.534. The van der Waals surface area contributed by atoms with Crippen molar-refractivity contribution in [3.8, 4) is 0 Å². The molecule has 0 heterocycles. The molecule has 2 aliphatic carbocycles. The van der Waals surface area contributed by atoms with E-state index in [1.54, 1.807) is 0 Å². The Morgan fingerprint density at radius 3 is 1.78 bits per heavy atom. The van der Waals surface area contributed by atoms with Crippen molar-refractivity contribution >= 4 is 0 Å². The lowest BCUT2D eigenvalue weighted by molar-refractivity contribution is 0.0637. The smallest absolute Gasteiger partial charge is 0.0568 e. The van der Waals surface area contributed by atoms with Gasteiger partial charge in [-0.15, -0.1) is 0 Å². The summed E-state index contributed by atoms with van der Waals surface area (Å²) in [4.78, 5) is 0. The first-order valence-electron chi connectivity index (χ1n) is 10.8. The minimum atomic E-state index is -0.0174. The van der Waals surface area contributed by atoms with Gasteiger partial charge in [-0.05, 0) is 61.7 Å². The molecule has 0 aromatic heterocycles. The van der Waals surface area contributed by atoms with Crippen LogP contribution in [0.1, 0.15) is 104 Å². The van der Waals surface area contributed by atoms with Crippen LogP contribution in [0.5, 0.6) is 0 Å². The fourth-order valence-electron chi connectivity index (χ4n) is 5.24. The predicted octanol–water partition coefficient (Wildman–Crippen LogP) is 6.59. The Bertz CT molecular complexity index is 297. The maximum absolute atomic E-state index is 10.5. The van der Waals surface area contributed by atoms with Gasteiger partial charge in [0.15, 0.2) is 0 Å². The number of aliphatic hydroxyl groups is 1. The van der Waals surface area contributed by atoms with Gasteiger partial charge < -0.3 is 5.11 Å². The molecule has 2 rings (SSSR count). The van der Waals surface area contributed by atoms with E-state index in [9.17, 15) is 5.11 Å². The number of hydrogen-bond acceptors (Lipinski definition) is 1. The summed E-state index contributed by atoms with van der Waals surface area (Å²) < 4.78 is 0. The molecule has 0 saturated heterocycles. The molecule has 0 bridgehead atoms. The van der Waals surface area contributed by atoms with Crippen molar-refractivity contribution < 1.29 is 5.11 Å². The van der Waals surface area contributed by atoms with Gasteiger partial charge in [-0.2, -0.15) is 0 Å². The van der Waals surface area contributed by atoms with Gasteiger partial charge >= 0.3 is 0 Å². The monoisotopic (exact) mass is 322 g/mol. The normalized spacial score (nSPS) is 35.0. The highest BCUT2D eigenvalue weighted by Gasteiger charge is 2.27. The van der Waals surface area contributed by atoms with Crippen LogP contribution in [0, 0.1) is 29.6 Å². The third-order valence-electron chi connectivity index (χ3n) is 7.07. The van der Waals surface area contributed by atoms with Crippen molar-refractivity contribution in [2.45, 2.75) is 110 Å². The van der Waals surface area contributed by atoms with Crippen LogP contribution in [-0.4, -0.2) is 11.2 Å². The molecule has 0 spiro atoms. The summed E-state index contributed by atoms with van der Waals surface area (Å²) in [6.07, 6.45) is 17.4. The second kappa shape index (κ2) is 10.1. The molecule has 2 atom stereocenters. The summed E-state index contributed by atoms with van der Waals surface area (Å²) in [6, 6.07) is 0. The van der Waals surface area contributed by atoms with Crippen LogP contribution in [0.15, 0.2) is 0 Å². The number of hydrogen-bond donors (Lipinski definition) is 1. The fourth-order valence-corrected chi connectivity index (χ4v) is 5.24. The topological polar surface area (TPSA) is 20.2 Å². The summed E-state index contributed by atoms with van der Waals surface area (Å²) in [5.74, 6) is 4.38. The van der Waals surface area contributed by atoms with Crippen molar-refractivity contribution in [2.75, 3.05) is 0 Å². The molecule has 1 heteroatoms. The van der Waals surface area contributed by atoms with Gasteiger partial charge in [0, 0.05) is 0 Å². The molecule has 0 amide bonds. The zero-order valence-corrected chi connectivity index (χ0v) is 16.1. The van der Waals surface area contributed by atoms with Gasteiger partial charge in [0.05, 0.1) is 6.10 Å². The van der Waals surface area contributed by atoms with E-state index in [1.165, 1.54) is 77.0 Å². The average molecular weight is 323 g/mol. The minimum absolute atomic E-state index is 0.0174. The van der Waals surface area contributed by atoms with E-state index in [0.29, 0.717) is 5.92 Å². The van der Waals surface area contributed by atoms with E-state index >= 15 is 0 Å². The first-order valence-corrected chi connectivity index (χ1v) is 10.8. The van der Waals surface area contributed by atoms with E-state index in [-0.39, 0.29) is 6.10 Å². The third-order valence-corrected chi connectivity index (χ3v) is 7.07. The zero-order valence-electron chi connectivity index (χ0n) is 16.1. The second-order valence-corrected chi connectivity index (χ2v) is 9.09. The molecule has 2 unspecified atom stereocenters. The second-order valence-electron chi connectivity index (χ2n) is 9.09. The Morgan fingerprint density at radius 1 is 0.739 bits per heavy atom. The SMILES string of the molecule is CCCC(CCCC(O)C1CCC(C)CC1)C1CCC(C)CC1. The number of rotatable bonds is 8. The fraction of sp³-hybridized carbons (Fsp3) is 1.00. The summed E-state index contributed by atoms with van der Waals surface area (Å²) in [5, 5.41) is 10.5. The van der Waals surface area contributed by atoms with Crippen LogP contribution in [0.25, 0.3) is 0 Å². The Labute approximate surface area is 145 Å². The Hall–Kier alpha value is -0.0400. The standard InChI is InChI=1S/C22H42O/c1-4-6-19(20-13-9-17(2)10-14-20)7-5-8-22(23)21-15-11-18(3)12-16-21/h17-23H,4-16H2,1-3H3. The van der Waals surface area contributed by atoms with Crippen LogP contribution in [0.2, 0.25) is 0 Å². The summed E-state index contributed by atoms with van der Waals surface area (Å²) in [6.45, 7) is 7.13. The minimum Gasteiger partial charge on any atom is -0.393 e. The highest BCUT2D eigenvalue weighted by atomic mass is 16.3. The average Bonchev–Trinajstić information content (AvgIpc) is 2.55. The van der Waals surface area contributed by atoms with E-state index < -0.39 is 0 Å². The maximum Gasteiger partial charge on any atom is 0.0568 e. The molecule has 0 aromatic carbocycles. The summed E-state index contributed by atoms with van der Waals surface area (Å²) in [7, 11) is 0. The van der Waals surface area contributed by atoms with E-state index in [2.05, 4.69) is 20.8 Å². The molecule has 2 fully saturated rings. The molecule has 2 saturated carbocycles. The lowest BCUT2D eigenvalue weighted by Crippen LogP contribution is -2.26. The Kier molecular flexibility index (Phi) is 8.44. The van der Waals surface area contributed by atoms with Gasteiger partial charge in [-0.25, -0.2) is 0 Å². The molecule has 23 heavy (non-hydrogen) atoms. The molecule has 1 N–H and O–H groups in total. The van der Waals surface area contributed by atoms with Crippen LogP contribution in [0.3, 0.4) is 0 Å². The van der Waals surface area contributed by atoms with E-state index in [4.69, 9.17) is 0 Å². The Balaban J connectivity index is 1.69. The van der Waals surface area contributed by atoms with E-state index in [1.807, 2.05) is 0 Å². The molecule has 1 nitrogen and oxygen atoms in total. The van der Waals surface area contributed by atoms with Crippen molar-refractivity contribution in [2.24, 2.45) is 29.6 Å². The third kappa shape index (κ3) is 6.40. The van der Waals surface area contributed by atoms with Gasteiger partial charge in [-0.1, -0.05) is 72.1 Å². The first kappa shape index (κ1) is 19.3. The van der Waals surface area contributed by atoms with Gasteiger partial charge in [-0.3, -0.25) is 0 Å². The summed E-state index contributed by atoms with van der Waals surface area (Å²) >= 11 is 0. The highest BCUT2D eigenvalue weighted by molar-refractivity contribution is 4.79. The lowest BCUT2D eigenvalue weighted by Gasteiger charge is -2.33. The lowest BCUT2D eigenvalue weighted by atomic mass is 9.73. The molecule has 2 aliphatic rings. The first-order chi connectivity index (χ1) is 11.1. The van der Waals surface area contributed by atoms with Crippen molar-refractivity contribution in [3.63, 3.8) is 0 Å². The van der Waals surface area contributed by atoms with Crippen molar-refractivity contribution in [3.05, 3.63) is 0 Å². The van der Waals surface area contributed by atoms with Crippen molar-refractivity contribution in [1.82, 2.24) is 0 Å². The van der Waals surface area contributed by atoms with Crippen LogP contribution >= 0.6 is 0 Å². The van der Waals surface area contributed by atoms with Crippen LogP contribution in [-0.2, 0) is 0 Å². The molecular formula is C22H42O. The largest absolute Gasteiger partial charge is 0.393 e. The molecule has 136 valence electrons. The van der Waals surface area contributed by atoms with Gasteiger partial charge in [0.1, 0.15) is 0 Å². The van der Waals surface area contributed by atoms with Crippen molar-refractivity contribution in [1.29, 1.82) is 0 Å². The van der Waals surface area contributed by atoms with E-state index in [0.717, 1.165) is 30.1 Å². The predicted molar refractivity (Wildman–Crippen MR) is 100 cm³/mol. The molecule has 0 aromatic rings. The Morgan fingerprint density at radius 2 is 1.26 bits per heavy atom. The highest BCUT2D eigenvalue weighted by Crippen LogP contribution is 2.38. The maximum atomic E-state index is 10.5. The van der Waals surface area contributed by atoms with Gasteiger partial charge in [0.2, 0.25) is 0 Å². The van der Waals surface area contributed by atoms with Crippen LogP contribution < -0.4 is 0 Å². The molecule has 0 aliphatic heterocycles. The summed E-state index contributed by atoms with van der Waals surface area (Å²) in [5.41, 5.74) is 0. The molecular weight excluding hydrogens is 280 g/mol. The number of aliphatic hydroxyl groups excluding tert-OH is 1. The molecule has 0 radical (unpaired) electrons. The van der Waals surface area contributed by atoms with Gasteiger partial charge in [0.25, 0.3) is 0 Å². The van der Waals surface area contributed by atoms with Crippen LogP contribution in [0.4, 0.5) is 0 Å².